The number of ketones is 1. The molecule has 0 saturated heterocycles. The van der Waals surface area contributed by atoms with Crippen LogP contribution in [0.1, 0.15) is 31.7 Å². The Labute approximate surface area is 106 Å². The first-order valence-corrected chi connectivity index (χ1v) is 6.19. The largest absolute Gasteiger partial charge is 0.330 e. The lowest BCUT2D eigenvalue weighted by Gasteiger charge is -2.09. The first-order chi connectivity index (χ1) is 8.54. The molecule has 4 heteroatoms. The van der Waals surface area contributed by atoms with Crippen LogP contribution in [0.25, 0.3) is 0 Å². The summed E-state index contributed by atoms with van der Waals surface area (Å²) in [6.45, 7) is 2.64. The standard InChI is InChI=1S/C14H19F2NO/c1-10(7-8-17)5-6-12(18)9-11-3-2-4-13(15)14(11)16/h2-4,10H,5-9,17H2,1H3. The monoisotopic (exact) mass is 255 g/mol. The van der Waals surface area contributed by atoms with Gasteiger partial charge < -0.3 is 5.73 Å². The highest BCUT2D eigenvalue weighted by Gasteiger charge is 2.12. The number of hydrogen-bond donors (Lipinski definition) is 1. The second kappa shape index (κ2) is 7.21. The van der Waals surface area contributed by atoms with Crippen LogP contribution in [0.3, 0.4) is 0 Å². The summed E-state index contributed by atoms with van der Waals surface area (Å²) in [5.41, 5.74) is 5.55. The van der Waals surface area contributed by atoms with Crippen molar-refractivity contribution in [3.63, 3.8) is 0 Å². The molecule has 0 heterocycles. The van der Waals surface area contributed by atoms with Gasteiger partial charge in [0, 0.05) is 12.8 Å². The second-order valence-corrected chi connectivity index (χ2v) is 4.65. The molecular weight excluding hydrogens is 236 g/mol. The van der Waals surface area contributed by atoms with Gasteiger partial charge in [-0.2, -0.15) is 0 Å². The molecule has 1 atom stereocenters. The van der Waals surface area contributed by atoms with Crippen molar-refractivity contribution < 1.29 is 13.6 Å². The summed E-state index contributed by atoms with van der Waals surface area (Å²) < 4.78 is 26.3. The van der Waals surface area contributed by atoms with Crippen molar-refractivity contribution in [3.05, 3.63) is 35.4 Å². The van der Waals surface area contributed by atoms with Crippen molar-refractivity contribution in [3.8, 4) is 0 Å². The summed E-state index contributed by atoms with van der Waals surface area (Å²) in [7, 11) is 0. The Balaban J connectivity index is 2.47. The molecule has 0 fully saturated rings. The summed E-state index contributed by atoms with van der Waals surface area (Å²) in [4.78, 5) is 11.7. The molecule has 0 aromatic heterocycles. The van der Waals surface area contributed by atoms with E-state index in [0.717, 1.165) is 18.9 Å². The fraction of sp³-hybridized carbons (Fsp3) is 0.500. The van der Waals surface area contributed by atoms with E-state index >= 15 is 0 Å². The van der Waals surface area contributed by atoms with E-state index in [-0.39, 0.29) is 17.8 Å². The molecule has 1 unspecified atom stereocenters. The summed E-state index contributed by atoms with van der Waals surface area (Å²) in [5, 5.41) is 0. The third-order valence-electron chi connectivity index (χ3n) is 2.99. The molecule has 1 rings (SSSR count). The molecule has 0 radical (unpaired) electrons. The molecule has 0 aliphatic rings. The molecule has 0 aliphatic carbocycles. The predicted octanol–water partition coefficient (Wildman–Crippen LogP) is 2.84. The van der Waals surface area contributed by atoms with Gasteiger partial charge in [-0.25, -0.2) is 8.78 Å². The first kappa shape index (κ1) is 14.8. The van der Waals surface area contributed by atoms with Gasteiger partial charge in [0.05, 0.1) is 0 Å². The van der Waals surface area contributed by atoms with Crippen LogP contribution in [-0.2, 0) is 11.2 Å². The van der Waals surface area contributed by atoms with Gasteiger partial charge >= 0.3 is 0 Å². The molecule has 0 saturated carbocycles. The lowest BCUT2D eigenvalue weighted by Crippen LogP contribution is -2.10. The normalized spacial score (nSPS) is 12.4. The quantitative estimate of drug-likeness (QED) is 0.814. The molecule has 1 aromatic carbocycles. The van der Waals surface area contributed by atoms with Gasteiger partial charge in [-0.3, -0.25) is 4.79 Å². The fourth-order valence-electron chi connectivity index (χ4n) is 1.82. The van der Waals surface area contributed by atoms with Crippen molar-refractivity contribution in [2.75, 3.05) is 6.54 Å². The second-order valence-electron chi connectivity index (χ2n) is 4.65. The van der Waals surface area contributed by atoms with E-state index < -0.39 is 11.6 Å². The Morgan fingerprint density at radius 1 is 1.33 bits per heavy atom. The Hall–Kier alpha value is -1.29. The minimum Gasteiger partial charge on any atom is -0.330 e. The molecule has 0 amide bonds. The molecule has 0 bridgehead atoms. The SMILES string of the molecule is CC(CCN)CCC(=O)Cc1cccc(F)c1F. The van der Waals surface area contributed by atoms with Gasteiger partial charge in [0.15, 0.2) is 11.6 Å². The zero-order valence-electron chi connectivity index (χ0n) is 10.6. The molecule has 18 heavy (non-hydrogen) atoms. The van der Waals surface area contributed by atoms with Gasteiger partial charge in [-0.15, -0.1) is 0 Å². The zero-order valence-corrected chi connectivity index (χ0v) is 10.6. The summed E-state index contributed by atoms with van der Waals surface area (Å²) in [6.07, 6.45) is 1.96. The molecule has 2 nitrogen and oxygen atoms in total. The molecule has 2 N–H and O–H groups in total. The number of benzene rings is 1. The van der Waals surface area contributed by atoms with Crippen LogP contribution in [0.5, 0.6) is 0 Å². The van der Waals surface area contributed by atoms with Crippen molar-refractivity contribution in [2.45, 2.75) is 32.6 Å². The summed E-state index contributed by atoms with van der Waals surface area (Å²) >= 11 is 0. The van der Waals surface area contributed by atoms with Gasteiger partial charge in [-0.05, 0) is 36.9 Å². The van der Waals surface area contributed by atoms with Crippen LogP contribution in [-0.4, -0.2) is 12.3 Å². The number of rotatable bonds is 7. The third kappa shape index (κ3) is 4.53. The topological polar surface area (TPSA) is 43.1 Å². The van der Waals surface area contributed by atoms with E-state index in [1.54, 1.807) is 0 Å². The van der Waals surface area contributed by atoms with Crippen molar-refractivity contribution in [1.82, 2.24) is 0 Å². The van der Waals surface area contributed by atoms with E-state index in [1.807, 2.05) is 6.92 Å². The highest BCUT2D eigenvalue weighted by atomic mass is 19.2. The predicted molar refractivity (Wildman–Crippen MR) is 67.1 cm³/mol. The van der Waals surface area contributed by atoms with Crippen molar-refractivity contribution in [1.29, 1.82) is 0 Å². The van der Waals surface area contributed by atoms with Crippen LogP contribution in [0, 0.1) is 17.6 Å². The Morgan fingerprint density at radius 2 is 2.06 bits per heavy atom. The van der Waals surface area contributed by atoms with Crippen LogP contribution in [0.15, 0.2) is 18.2 Å². The van der Waals surface area contributed by atoms with Crippen LogP contribution >= 0.6 is 0 Å². The van der Waals surface area contributed by atoms with Gasteiger partial charge in [0.25, 0.3) is 0 Å². The van der Waals surface area contributed by atoms with E-state index in [1.165, 1.54) is 12.1 Å². The number of halogens is 2. The lowest BCUT2D eigenvalue weighted by molar-refractivity contribution is -0.118. The Morgan fingerprint density at radius 3 is 2.72 bits per heavy atom. The molecule has 0 spiro atoms. The van der Waals surface area contributed by atoms with Gasteiger partial charge in [0.1, 0.15) is 5.78 Å². The smallest absolute Gasteiger partial charge is 0.162 e. The summed E-state index contributed by atoms with van der Waals surface area (Å²) in [5.74, 6) is -1.50. The Kier molecular flexibility index (Phi) is 5.92. The van der Waals surface area contributed by atoms with Crippen LogP contribution < -0.4 is 5.73 Å². The van der Waals surface area contributed by atoms with Crippen molar-refractivity contribution in [2.24, 2.45) is 11.7 Å². The minimum atomic E-state index is -0.916. The van der Waals surface area contributed by atoms with Gasteiger partial charge in [-0.1, -0.05) is 19.1 Å². The van der Waals surface area contributed by atoms with Gasteiger partial charge in [0.2, 0.25) is 0 Å². The van der Waals surface area contributed by atoms with Crippen LogP contribution in [0.4, 0.5) is 8.78 Å². The maximum absolute atomic E-state index is 13.3. The van der Waals surface area contributed by atoms with Crippen LogP contribution in [0.2, 0.25) is 0 Å². The van der Waals surface area contributed by atoms with E-state index in [2.05, 4.69) is 0 Å². The lowest BCUT2D eigenvalue weighted by atomic mass is 9.97. The number of Topliss-reactive ketones (excluding diaryl/α,β-unsaturated/α-hetero) is 1. The number of nitrogens with two attached hydrogens (primary N) is 1. The average Bonchev–Trinajstić information content (AvgIpc) is 2.33. The van der Waals surface area contributed by atoms with E-state index in [0.29, 0.717) is 18.9 Å². The highest BCUT2D eigenvalue weighted by Crippen LogP contribution is 2.15. The van der Waals surface area contributed by atoms with Crippen molar-refractivity contribution >= 4 is 5.78 Å². The first-order valence-electron chi connectivity index (χ1n) is 6.19. The number of hydrogen-bond acceptors (Lipinski definition) is 2. The molecule has 0 aliphatic heterocycles. The average molecular weight is 255 g/mol. The molecule has 100 valence electrons. The molecule has 1 aromatic rings. The van der Waals surface area contributed by atoms with E-state index in [9.17, 15) is 13.6 Å². The zero-order chi connectivity index (χ0) is 13.5. The number of carbonyl (C=O) groups is 1. The molecular formula is C14H19F2NO. The minimum absolute atomic E-state index is 0.0427. The number of carbonyl (C=O) groups excluding carboxylic acids is 1. The maximum Gasteiger partial charge on any atom is 0.162 e. The highest BCUT2D eigenvalue weighted by molar-refractivity contribution is 5.80. The fourth-order valence-corrected chi connectivity index (χ4v) is 1.82. The van der Waals surface area contributed by atoms with E-state index in [4.69, 9.17) is 5.73 Å². The maximum atomic E-state index is 13.3. The Bertz CT molecular complexity index is 407. The third-order valence-corrected chi connectivity index (χ3v) is 2.99. The summed E-state index contributed by atoms with van der Waals surface area (Å²) in [6, 6.07) is 3.91.